The molecule has 1 atom stereocenters. The Balaban J connectivity index is 3.30. The number of rotatable bonds is 6. The van der Waals surface area contributed by atoms with Gasteiger partial charge in [-0.1, -0.05) is 71.9 Å². The zero-order valence-electron chi connectivity index (χ0n) is 15.8. The second kappa shape index (κ2) is 8.50. The van der Waals surface area contributed by atoms with E-state index in [0.29, 0.717) is 23.0 Å². The first-order valence-corrected chi connectivity index (χ1v) is 11.0. The van der Waals surface area contributed by atoms with Gasteiger partial charge in [-0.15, -0.1) is 11.5 Å². The van der Waals surface area contributed by atoms with Crippen LogP contribution in [-0.2, 0) is 4.79 Å². The van der Waals surface area contributed by atoms with E-state index in [9.17, 15) is 4.79 Å². The predicted octanol–water partition coefficient (Wildman–Crippen LogP) is 5.97. The zero-order valence-corrected chi connectivity index (χ0v) is 16.8. The first-order chi connectivity index (χ1) is 10.7. The molecule has 0 aliphatic rings. The largest absolute Gasteiger partial charge is 0.300 e. The minimum Gasteiger partial charge on any atom is -0.300 e. The molecule has 0 aliphatic heterocycles. The molecule has 23 heavy (non-hydrogen) atoms. The van der Waals surface area contributed by atoms with E-state index in [4.69, 9.17) is 0 Å². The zero-order chi connectivity index (χ0) is 17.6. The number of Topliss-reactive ketones (excluding diaryl/α,β-unsaturated/α-hetero) is 1. The Kier molecular flexibility index (Phi) is 7.29. The van der Waals surface area contributed by atoms with Crippen molar-refractivity contribution in [1.29, 1.82) is 0 Å². The molecule has 126 valence electrons. The number of benzene rings is 1. The molecule has 0 bridgehead atoms. The van der Waals surface area contributed by atoms with Gasteiger partial charge in [0.05, 0.1) is 5.92 Å². The van der Waals surface area contributed by atoms with Crippen LogP contribution in [0.2, 0.25) is 16.6 Å². The molecule has 0 spiro atoms. The molecule has 1 aromatic carbocycles. The van der Waals surface area contributed by atoms with E-state index >= 15 is 0 Å². The molecule has 0 N–H and O–H groups in total. The summed E-state index contributed by atoms with van der Waals surface area (Å²) in [6, 6.07) is 10.2. The summed E-state index contributed by atoms with van der Waals surface area (Å²) in [6.07, 6.45) is 0.510. The van der Waals surface area contributed by atoms with Crippen molar-refractivity contribution in [1.82, 2.24) is 0 Å². The topological polar surface area (TPSA) is 17.1 Å². The van der Waals surface area contributed by atoms with Crippen LogP contribution in [0.3, 0.4) is 0 Å². The molecule has 1 nitrogen and oxygen atoms in total. The van der Waals surface area contributed by atoms with Gasteiger partial charge >= 0.3 is 0 Å². The summed E-state index contributed by atoms with van der Waals surface area (Å²) in [7, 11) is -1.75. The van der Waals surface area contributed by atoms with E-state index in [0.717, 1.165) is 5.56 Å². The van der Waals surface area contributed by atoms with Crippen molar-refractivity contribution in [2.45, 2.75) is 77.4 Å². The van der Waals surface area contributed by atoms with Gasteiger partial charge in [0.1, 0.15) is 13.9 Å². The second-order valence-electron chi connectivity index (χ2n) is 7.54. The maximum absolute atomic E-state index is 11.7. The van der Waals surface area contributed by atoms with Gasteiger partial charge in [0.25, 0.3) is 0 Å². The lowest BCUT2D eigenvalue weighted by atomic mass is 9.95. The van der Waals surface area contributed by atoms with E-state index in [2.05, 4.69) is 65.1 Å². The highest BCUT2D eigenvalue weighted by molar-refractivity contribution is 6.90. The van der Waals surface area contributed by atoms with Crippen molar-refractivity contribution >= 4 is 13.9 Å². The molecule has 0 saturated carbocycles. The molecule has 0 aromatic heterocycles. The second-order valence-corrected chi connectivity index (χ2v) is 13.1. The molecule has 0 aliphatic carbocycles. The average molecular weight is 329 g/mol. The van der Waals surface area contributed by atoms with Gasteiger partial charge in [0, 0.05) is 6.42 Å². The van der Waals surface area contributed by atoms with Gasteiger partial charge in [0.15, 0.2) is 0 Å². The fourth-order valence-corrected chi connectivity index (χ4v) is 9.16. The van der Waals surface area contributed by atoms with E-state index in [-0.39, 0.29) is 11.7 Å². The molecule has 0 saturated heterocycles. The van der Waals surface area contributed by atoms with Crippen molar-refractivity contribution in [3.8, 4) is 11.5 Å². The molecule has 0 radical (unpaired) electrons. The monoisotopic (exact) mass is 328 g/mol. The van der Waals surface area contributed by atoms with E-state index in [1.807, 2.05) is 18.2 Å². The summed E-state index contributed by atoms with van der Waals surface area (Å²) in [5.41, 5.74) is 6.78. The normalized spacial score (nSPS) is 13.1. The Bertz CT molecular complexity index is 539. The van der Waals surface area contributed by atoms with Gasteiger partial charge < -0.3 is 0 Å². The van der Waals surface area contributed by atoms with Gasteiger partial charge in [-0.3, -0.25) is 4.79 Å². The van der Waals surface area contributed by atoms with Crippen molar-refractivity contribution in [3.63, 3.8) is 0 Å². The van der Waals surface area contributed by atoms with E-state index in [1.165, 1.54) is 0 Å². The molecule has 0 amide bonds. The minimum atomic E-state index is -1.75. The van der Waals surface area contributed by atoms with Crippen molar-refractivity contribution in [3.05, 3.63) is 35.9 Å². The van der Waals surface area contributed by atoms with Crippen molar-refractivity contribution in [2.75, 3.05) is 0 Å². The maximum Gasteiger partial charge on any atom is 0.145 e. The summed E-state index contributed by atoms with van der Waals surface area (Å²) < 4.78 is 0. The summed E-state index contributed by atoms with van der Waals surface area (Å²) in [6.45, 7) is 15.6. The van der Waals surface area contributed by atoms with Crippen LogP contribution in [-0.4, -0.2) is 13.9 Å². The lowest BCUT2D eigenvalue weighted by Crippen LogP contribution is -2.43. The number of carbonyl (C=O) groups excluding carboxylic acids is 1. The third kappa shape index (κ3) is 4.82. The summed E-state index contributed by atoms with van der Waals surface area (Å²) in [4.78, 5) is 11.7. The molecule has 0 fully saturated rings. The number of hydrogen-bond acceptors (Lipinski definition) is 1. The minimum absolute atomic E-state index is 0.0248. The Hall–Kier alpha value is -1.33. The highest BCUT2D eigenvalue weighted by Crippen LogP contribution is 2.41. The summed E-state index contributed by atoms with van der Waals surface area (Å²) in [5.74, 6) is 3.78. The summed E-state index contributed by atoms with van der Waals surface area (Å²) >= 11 is 0. The first kappa shape index (κ1) is 19.7. The molecule has 2 heteroatoms. The van der Waals surface area contributed by atoms with Crippen molar-refractivity contribution < 1.29 is 4.79 Å². The molecule has 0 heterocycles. The number of ketones is 1. The Morgan fingerprint density at radius 1 is 0.957 bits per heavy atom. The third-order valence-electron chi connectivity index (χ3n) is 5.02. The molecular formula is C21H32OSi. The fourth-order valence-electron chi connectivity index (χ4n) is 3.87. The van der Waals surface area contributed by atoms with Gasteiger partial charge in [-0.05, 0) is 29.1 Å². The van der Waals surface area contributed by atoms with Crippen LogP contribution in [0, 0.1) is 11.5 Å². The third-order valence-corrected chi connectivity index (χ3v) is 11.3. The Morgan fingerprint density at radius 2 is 1.43 bits per heavy atom. The number of carbonyl (C=O) groups is 1. The highest BCUT2D eigenvalue weighted by atomic mass is 28.3. The maximum atomic E-state index is 11.7. The van der Waals surface area contributed by atoms with Crippen LogP contribution in [0.1, 0.15) is 66.4 Å². The van der Waals surface area contributed by atoms with Crippen LogP contribution < -0.4 is 0 Å². The molecule has 1 rings (SSSR count). The van der Waals surface area contributed by atoms with Crippen LogP contribution in [0.25, 0.3) is 0 Å². The Morgan fingerprint density at radius 3 is 1.83 bits per heavy atom. The van der Waals surface area contributed by atoms with Gasteiger partial charge in [-0.25, -0.2) is 0 Å². The predicted molar refractivity (Wildman–Crippen MR) is 103 cm³/mol. The van der Waals surface area contributed by atoms with E-state index in [1.54, 1.807) is 6.92 Å². The van der Waals surface area contributed by atoms with Gasteiger partial charge in [0.2, 0.25) is 0 Å². The van der Waals surface area contributed by atoms with Crippen molar-refractivity contribution in [2.24, 2.45) is 0 Å². The molecular weight excluding hydrogens is 296 g/mol. The molecule has 1 aromatic rings. The Labute approximate surface area is 143 Å². The fraction of sp³-hybridized carbons (Fsp3) is 0.571. The van der Waals surface area contributed by atoms with Crippen LogP contribution in [0.15, 0.2) is 30.3 Å². The highest BCUT2D eigenvalue weighted by Gasteiger charge is 2.41. The smallest absolute Gasteiger partial charge is 0.145 e. The summed E-state index contributed by atoms with van der Waals surface area (Å²) in [5, 5.41) is 0. The SMILES string of the molecule is CC(=O)C[C@@H](C#C[Si](C(C)C)(C(C)C)C(C)C)c1ccccc1. The molecule has 0 unspecified atom stereocenters. The van der Waals surface area contributed by atoms with Crippen LogP contribution >= 0.6 is 0 Å². The van der Waals surface area contributed by atoms with Crippen LogP contribution in [0.5, 0.6) is 0 Å². The lowest BCUT2D eigenvalue weighted by Gasteiger charge is -2.38. The van der Waals surface area contributed by atoms with E-state index < -0.39 is 8.07 Å². The quantitative estimate of drug-likeness (QED) is 0.464. The van der Waals surface area contributed by atoms with Gasteiger partial charge in [-0.2, -0.15) is 0 Å². The van der Waals surface area contributed by atoms with Crippen LogP contribution in [0.4, 0.5) is 0 Å². The lowest BCUT2D eigenvalue weighted by molar-refractivity contribution is -0.117. The number of hydrogen-bond donors (Lipinski definition) is 0. The average Bonchev–Trinajstić information content (AvgIpc) is 2.46. The first-order valence-electron chi connectivity index (χ1n) is 8.78. The standard InChI is InChI=1S/C21H32OSi/c1-16(2)23(17(3)4,18(5)6)14-13-21(15-19(7)22)20-11-9-8-10-12-20/h8-12,16-18,21H,15H2,1-7H3/t21-/m1/s1.